The summed E-state index contributed by atoms with van der Waals surface area (Å²) in [6.45, 7) is 6.90. The van der Waals surface area contributed by atoms with Crippen LogP contribution in [0.2, 0.25) is 0 Å². The molecule has 0 spiro atoms. The molecule has 0 fully saturated rings. The van der Waals surface area contributed by atoms with Crippen molar-refractivity contribution in [2.45, 2.75) is 26.8 Å². The summed E-state index contributed by atoms with van der Waals surface area (Å²) in [5.41, 5.74) is 4.95. The molecule has 1 amide bonds. The summed E-state index contributed by atoms with van der Waals surface area (Å²) in [6.07, 6.45) is 0. The molecule has 0 saturated carbocycles. The van der Waals surface area contributed by atoms with E-state index in [1.165, 1.54) is 0 Å². The van der Waals surface area contributed by atoms with Crippen molar-refractivity contribution in [3.63, 3.8) is 0 Å². The van der Waals surface area contributed by atoms with Gasteiger partial charge in [-0.15, -0.1) is 0 Å². The molecule has 0 radical (unpaired) electrons. The van der Waals surface area contributed by atoms with Gasteiger partial charge in [-0.1, -0.05) is 0 Å². The van der Waals surface area contributed by atoms with Crippen LogP contribution in [0.4, 0.5) is 5.69 Å². The van der Waals surface area contributed by atoms with Gasteiger partial charge in [0, 0.05) is 18.2 Å². The summed E-state index contributed by atoms with van der Waals surface area (Å²) >= 11 is 0. The molecular weight excluding hydrogens is 230 g/mol. The Hall–Kier alpha value is -1.59. The van der Waals surface area contributed by atoms with Crippen LogP contribution in [-0.4, -0.2) is 25.2 Å². The second-order valence-corrected chi connectivity index (χ2v) is 4.21. The zero-order chi connectivity index (χ0) is 13.5. The minimum Gasteiger partial charge on any atom is -0.380 e. The molecule has 1 rings (SSSR count). The number of aryl methyl sites for hydroxylation is 1. The number of amides is 1. The molecule has 18 heavy (non-hydrogen) atoms. The van der Waals surface area contributed by atoms with Gasteiger partial charge >= 0.3 is 0 Å². The zero-order valence-corrected chi connectivity index (χ0v) is 11.1. The topological polar surface area (TPSA) is 76.4 Å². The van der Waals surface area contributed by atoms with E-state index in [-0.39, 0.29) is 11.9 Å². The van der Waals surface area contributed by atoms with Gasteiger partial charge in [0.2, 0.25) is 0 Å². The van der Waals surface area contributed by atoms with Crippen LogP contribution in [0.25, 0.3) is 0 Å². The Bertz CT molecular complexity index is 407. The van der Waals surface area contributed by atoms with Crippen molar-refractivity contribution in [2.24, 2.45) is 5.84 Å². The van der Waals surface area contributed by atoms with E-state index in [4.69, 9.17) is 10.6 Å². The number of anilines is 1. The largest absolute Gasteiger partial charge is 0.380 e. The van der Waals surface area contributed by atoms with Crippen LogP contribution in [0.3, 0.4) is 0 Å². The summed E-state index contributed by atoms with van der Waals surface area (Å²) in [5, 5.41) is 2.88. The SMILES string of the molecule is CCOCC(C)NC(=O)c1ccc(NN)c(C)c1. The van der Waals surface area contributed by atoms with E-state index < -0.39 is 0 Å². The van der Waals surface area contributed by atoms with Gasteiger partial charge in [-0.25, -0.2) is 0 Å². The third-order valence-electron chi connectivity index (χ3n) is 2.59. The Morgan fingerprint density at radius 3 is 2.78 bits per heavy atom. The lowest BCUT2D eigenvalue weighted by Gasteiger charge is -2.14. The number of hydrogen-bond acceptors (Lipinski definition) is 4. The van der Waals surface area contributed by atoms with E-state index in [0.29, 0.717) is 18.8 Å². The minimum absolute atomic E-state index is 0.00920. The first kappa shape index (κ1) is 14.5. The Balaban J connectivity index is 2.64. The molecule has 100 valence electrons. The van der Waals surface area contributed by atoms with Crippen molar-refractivity contribution >= 4 is 11.6 Å². The molecule has 0 aromatic heterocycles. The first-order valence-corrected chi connectivity index (χ1v) is 6.04. The molecule has 1 aromatic carbocycles. The second kappa shape index (κ2) is 6.98. The molecule has 0 saturated heterocycles. The maximum Gasteiger partial charge on any atom is 0.251 e. The normalized spacial score (nSPS) is 12.0. The monoisotopic (exact) mass is 251 g/mol. The van der Waals surface area contributed by atoms with Crippen molar-refractivity contribution in [2.75, 3.05) is 18.6 Å². The lowest BCUT2D eigenvalue weighted by Crippen LogP contribution is -2.35. The van der Waals surface area contributed by atoms with Gasteiger partial charge in [-0.2, -0.15) is 0 Å². The fraction of sp³-hybridized carbons (Fsp3) is 0.462. The molecule has 1 unspecified atom stereocenters. The third-order valence-corrected chi connectivity index (χ3v) is 2.59. The highest BCUT2D eigenvalue weighted by molar-refractivity contribution is 5.95. The van der Waals surface area contributed by atoms with Crippen molar-refractivity contribution in [3.05, 3.63) is 29.3 Å². The zero-order valence-electron chi connectivity index (χ0n) is 11.1. The van der Waals surface area contributed by atoms with Crippen LogP contribution in [0.15, 0.2) is 18.2 Å². The first-order chi connectivity index (χ1) is 8.58. The average molecular weight is 251 g/mol. The summed E-state index contributed by atoms with van der Waals surface area (Å²) in [5.74, 6) is 5.24. The van der Waals surface area contributed by atoms with Gasteiger partial charge in [-0.05, 0) is 44.5 Å². The van der Waals surface area contributed by atoms with Gasteiger partial charge in [0.05, 0.1) is 12.3 Å². The summed E-state index contributed by atoms with van der Waals surface area (Å²) < 4.78 is 5.25. The number of hydrogen-bond donors (Lipinski definition) is 3. The minimum atomic E-state index is -0.103. The molecule has 5 heteroatoms. The quantitative estimate of drug-likeness (QED) is 0.528. The number of nitrogen functional groups attached to an aromatic ring is 1. The second-order valence-electron chi connectivity index (χ2n) is 4.21. The van der Waals surface area contributed by atoms with Crippen molar-refractivity contribution < 1.29 is 9.53 Å². The Morgan fingerprint density at radius 1 is 1.50 bits per heavy atom. The maximum atomic E-state index is 12.0. The standard InChI is InChI=1S/C13H21N3O2/c1-4-18-8-10(3)15-13(17)11-5-6-12(16-14)9(2)7-11/h5-7,10,16H,4,8,14H2,1-3H3,(H,15,17). The predicted octanol–water partition coefficient (Wildman–Crippen LogP) is 1.44. The third kappa shape index (κ3) is 4.01. The van der Waals surface area contributed by atoms with E-state index in [1.54, 1.807) is 18.2 Å². The molecule has 0 aliphatic heterocycles. The molecule has 5 nitrogen and oxygen atoms in total. The van der Waals surface area contributed by atoms with Gasteiger partial charge in [0.15, 0.2) is 0 Å². The van der Waals surface area contributed by atoms with E-state index >= 15 is 0 Å². The lowest BCUT2D eigenvalue weighted by molar-refractivity contribution is 0.0872. The maximum absolute atomic E-state index is 12.0. The Labute approximate surface area is 108 Å². The van der Waals surface area contributed by atoms with Crippen LogP contribution in [-0.2, 0) is 4.74 Å². The number of benzene rings is 1. The van der Waals surface area contributed by atoms with Gasteiger partial charge in [0.1, 0.15) is 0 Å². The molecular formula is C13H21N3O2. The Kier molecular flexibility index (Phi) is 5.61. The molecule has 0 aliphatic carbocycles. The van der Waals surface area contributed by atoms with E-state index in [1.807, 2.05) is 20.8 Å². The number of nitrogens with one attached hydrogen (secondary N) is 2. The summed E-state index contributed by atoms with van der Waals surface area (Å²) in [4.78, 5) is 12.0. The van der Waals surface area contributed by atoms with Gasteiger partial charge in [0.25, 0.3) is 5.91 Å². The van der Waals surface area contributed by atoms with E-state index in [0.717, 1.165) is 11.3 Å². The van der Waals surface area contributed by atoms with E-state index in [9.17, 15) is 4.79 Å². The molecule has 1 aromatic rings. The summed E-state index contributed by atoms with van der Waals surface area (Å²) in [7, 11) is 0. The van der Waals surface area contributed by atoms with Crippen molar-refractivity contribution in [3.8, 4) is 0 Å². The number of carbonyl (C=O) groups is 1. The van der Waals surface area contributed by atoms with Crippen LogP contribution < -0.4 is 16.6 Å². The lowest BCUT2D eigenvalue weighted by atomic mass is 10.1. The van der Waals surface area contributed by atoms with Crippen LogP contribution in [0.5, 0.6) is 0 Å². The number of nitrogens with two attached hydrogens (primary N) is 1. The predicted molar refractivity (Wildman–Crippen MR) is 72.4 cm³/mol. The number of rotatable bonds is 6. The fourth-order valence-corrected chi connectivity index (χ4v) is 1.61. The number of hydrazine groups is 1. The highest BCUT2D eigenvalue weighted by Crippen LogP contribution is 2.15. The van der Waals surface area contributed by atoms with Gasteiger partial charge in [-0.3, -0.25) is 10.6 Å². The van der Waals surface area contributed by atoms with Crippen LogP contribution in [0, 0.1) is 6.92 Å². The molecule has 0 bridgehead atoms. The Morgan fingerprint density at radius 2 is 2.22 bits per heavy atom. The van der Waals surface area contributed by atoms with Crippen molar-refractivity contribution in [1.29, 1.82) is 0 Å². The average Bonchev–Trinajstić information content (AvgIpc) is 2.36. The highest BCUT2D eigenvalue weighted by Gasteiger charge is 2.10. The molecule has 1 atom stereocenters. The van der Waals surface area contributed by atoms with Crippen molar-refractivity contribution in [1.82, 2.24) is 5.32 Å². The van der Waals surface area contributed by atoms with Crippen LogP contribution >= 0.6 is 0 Å². The smallest absolute Gasteiger partial charge is 0.251 e. The molecule has 0 heterocycles. The molecule has 0 aliphatic rings. The number of carbonyl (C=O) groups excluding carboxylic acids is 1. The number of ether oxygens (including phenoxy) is 1. The summed E-state index contributed by atoms with van der Waals surface area (Å²) in [6, 6.07) is 5.32. The van der Waals surface area contributed by atoms with E-state index in [2.05, 4.69) is 10.7 Å². The van der Waals surface area contributed by atoms with Crippen LogP contribution in [0.1, 0.15) is 29.8 Å². The fourth-order valence-electron chi connectivity index (χ4n) is 1.61. The van der Waals surface area contributed by atoms with Gasteiger partial charge < -0.3 is 15.5 Å². The molecule has 4 N–H and O–H groups in total. The first-order valence-electron chi connectivity index (χ1n) is 6.04. The highest BCUT2D eigenvalue weighted by atomic mass is 16.5.